The van der Waals surface area contributed by atoms with Crippen LogP contribution >= 0.6 is 15.9 Å². The maximum Gasteiger partial charge on any atom is 0.159 e. The SMILES string of the molecule is C1CCOC1.C=CCCCBr.C=CCCCCc1ccc2cccnc2n1.Cc1ccc2cccnc2n1. The zero-order valence-corrected chi connectivity index (χ0v) is 24.3. The van der Waals surface area contributed by atoms with Gasteiger partial charge in [-0.2, -0.15) is 0 Å². The number of hydrogen-bond donors (Lipinski definition) is 0. The van der Waals surface area contributed by atoms with E-state index in [1.54, 1.807) is 12.4 Å². The Morgan fingerprint density at radius 3 is 1.95 bits per heavy atom. The maximum absolute atomic E-state index is 4.94. The summed E-state index contributed by atoms with van der Waals surface area (Å²) in [7, 11) is 0. The molecule has 0 spiro atoms. The number of rotatable bonds is 8. The van der Waals surface area contributed by atoms with Crippen LogP contribution in [0.1, 0.15) is 56.3 Å². The molecule has 202 valence electrons. The third-order valence-electron chi connectivity index (χ3n) is 5.59. The average Bonchev–Trinajstić information content (AvgIpc) is 3.55. The van der Waals surface area contributed by atoms with Gasteiger partial charge < -0.3 is 4.74 Å². The van der Waals surface area contributed by atoms with Crippen molar-refractivity contribution in [2.75, 3.05) is 18.5 Å². The maximum atomic E-state index is 4.94. The molecular weight excluding hydrogens is 536 g/mol. The van der Waals surface area contributed by atoms with Crippen molar-refractivity contribution in [2.24, 2.45) is 0 Å². The predicted molar refractivity (Wildman–Crippen MR) is 165 cm³/mol. The van der Waals surface area contributed by atoms with Crippen LogP contribution in [0.2, 0.25) is 0 Å². The zero-order valence-electron chi connectivity index (χ0n) is 22.7. The second-order valence-corrected chi connectivity index (χ2v) is 9.62. The van der Waals surface area contributed by atoms with Crippen LogP contribution in [0.4, 0.5) is 0 Å². The number of nitrogens with zero attached hydrogens (tertiary/aromatic N) is 4. The van der Waals surface area contributed by atoms with Crippen molar-refractivity contribution >= 4 is 38.0 Å². The van der Waals surface area contributed by atoms with Crippen LogP contribution in [0.3, 0.4) is 0 Å². The van der Waals surface area contributed by atoms with Crippen molar-refractivity contribution in [1.82, 2.24) is 19.9 Å². The highest BCUT2D eigenvalue weighted by Crippen LogP contribution is 2.11. The van der Waals surface area contributed by atoms with Crippen LogP contribution in [0.5, 0.6) is 0 Å². The number of fused-ring (bicyclic) bond motifs is 2. The quantitative estimate of drug-likeness (QED) is 0.119. The molecule has 6 heteroatoms. The number of aryl methyl sites for hydroxylation is 2. The van der Waals surface area contributed by atoms with Crippen molar-refractivity contribution in [3.05, 3.63) is 97.6 Å². The fraction of sp³-hybridized carbons (Fsp3) is 0.375. The zero-order chi connectivity index (χ0) is 27.3. The lowest BCUT2D eigenvalue weighted by atomic mass is 10.1. The first-order chi connectivity index (χ1) is 18.7. The van der Waals surface area contributed by atoms with E-state index in [0.29, 0.717) is 0 Å². The van der Waals surface area contributed by atoms with Gasteiger partial charge in [0.1, 0.15) is 0 Å². The third kappa shape index (κ3) is 13.0. The van der Waals surface area contributed by atoms with E-state index in [0.717, 1.165) is 77.7 Å². The molecule has 4 aromatic rings. The van der Waals surface area contributed by atoms with Crippen LogP contribution in [0.25, 0.3) is 22.1 Å². The van der Waals surface area contributed by atoms with E-state index in [1.807, 2.05) is 55.5 Å². The van der Waals surface area contributed by atoms with E-state index in [4.69, 9.17) is 4.74 Å². The van der Waals surface area contributed by atoms with E-state index in [2.05, 4.69) is 61.2 Å². The van der Waals surface area contributed by atoms with E-state index in [-0.39, 0.29) is 0 Å². The highest BCUT2D eigenvalue weighted by molar-refractivity contribution is 9.09. The molecule has 1 aliphatic heterocycles. The third-order valence-corrected chi connectivity index (χ3v) is 6.15. The monoisotopic (exact) mass is 576 g/mol. The molecule has 0 aliphatic carbocycles. The average molecular weight is 578 g/mol. The highest BCUT2D eigenvalue weighted by atomic mass is 79.9. The smallest absolute Gasteiger partial charge is 0.159 e. The van der Waals surface area contributed by atoms with E-state index >= 15 is 0 Å². The Labute approximate surface area is 236 Å². The molecule has 0 N–H and O–H groups in total. The first-order valence-corrected chi connectivity index (χ1v) is 14.5. The van der Waals surface area contributed by atoms with Gasteiger partial charge in [0, 0.05) is 53.1 Å². The molecule has 0 bridgehead atoms. The van der Waals surface area contributed by atoms with Gasteiger partial charge in [-0.3, -0.25) is 0 Å². The molecule has 5 rings (SSSR count). The fourth-order valence-corrected chi connectivity index (χ4v) is 3.83. The van der Waals surface area contributed by atoms with Crippen LogP contribution in [-0.4, -0.2) is 38.5 Å². The van der Waals surface area contributed by atoms with Crippen molar-refractivity contribution in [3.8, 4) is 0 Å². The van der Waals surface area contributed by atoms with Gasteiger partial charge in [-0.15, -0.1) is 13.2 Å². The minimum atomic E-state index is 0.826. The summed E-state index contributed by atoms with van der Waals surface area (Å²) in [5, 5.41) is 3.30. The van der Waals surface area contributed by atoms with E-state index < -0.39 is 0 Å². The molecule has 0 saturated carbocycles. The number of aromatic nitrogens is 4. The van der Waals surface area contributed by atoms with Gasteiger partial charge in [0.05, 0.1) is 0 Å². The second kappa shape index (κ2) is 20.1. The van der Waals surface area contributed by atoms with Crippen LogP contribution in [0, 0.1) is 6.92 Å². The number of unbranched alkanes of at least 4 members (excludes halogenated alkanes) is 3. The summed E-state index contributed by atoms with van der Waals surface area (Å²) in [5.74, 6) is 0. The lowest BCUT2D eigenvalue weighted by Gasteiger charge is -2.01. The first-order valence-electron chi connectivity index (χ1n) is 13.4. The van der Waals surface area contributed by atoms with Gasteiger partial charge in [-0.25, -0.2) is 19.9 Å². The van der Waals surface area contributed by atoms with Crippen molar-refractivity contribution in [3.63, 3.8) is 0 Å². The lowest BCUT2D eigenvalue weighted by Crippen LogP contribution is -1.92. The summed E-state index contributed by atoms with van der Waals surface area (Å²) in [6.45, 7) is 11.3. The highest BCUT2D eigenvalue weighted by Gasteiger charge is 1.98. The molecule has 5 nitrogen and oxygen atoms in total. The van der Waals surface area contributed by atoms with Gasteiger partial charge in [-0.1, -0.05) is 28.1 Å². The molecule has 0 unspecified atom stereocenters. The molecule has 4 aromatic heterocycles. The summed E-state index contributed by atoms with van der Waals surface area (Å²) in [4.78, 5) is 17.2. The van der Waals surface area contributed by atoms with Crippen LogP contribution in [-0.2, 0) is 11.2 Å². The van der Waals surface area contributed by atoms with Crippen molar-refractivity contribution in [1.29, 1.82) is 0 Å². The number of allylic oxidation sites excluding steroid dienone is 2. The minimum absolute atomic E-state index is 0.826. The van der Waals surface area contributed by atoms with Crippen LogP contribution in [0.15, 0.2) is 86.2 Å². The van der Waals surface area contributed by atoms with Gasteiger partial charge in [-0.05, 0) is 107 Å². The van der Waals surface area contributed by atoms with Gasteiger partial charge in [0.15, 0.2) is 11.3 Å². The Balaban J connectivity index is 0.000000198. The van der Waals surface area contributed by atoms with Crippen LogP contribution < -0.4 is 0 Å². The topological polar surface area (TPSA) is 60.8 Å². The number of alkyl halides is 1. The Bertz CT molecular complexity index is 1200. The molecule has 38 heavy (non-hydrogen) atoms. The molecule has 0 radical (unpaired) electrons. The molecule has 1 fully saturated rings. The van der Waals surface area contributed by atoms with Gasteiger partial charge >= 0.3 is 0 Å². The standard InChI is InChI=1S/C14H16N2.C9H8N2.C5H9Br.C4H8O/c1-2-3-4-5-8-13-10-9-12-7-6-11-15-14(12)16-13;1-7-4-5-8-3-2-6-10-9(8)11-7;1-2-3-4-5-6;1-2-4-5-3-1/h2,6-7,9-11H,1,3-5,8H2;2-6H,1H3;2H,1,3-5H2;1-4H2. The lowest BCUT2D eigenvalue weighted by molar-refractivity contribution is 0.198. The number of hydrogen-bond acceptors (Lipinski definition) is 5. The number of halogens is 1. The molecule has 0 aromatic carbocycles. The Morgan fingerprint density at radius 1 is 0.789 bits per heavy atom. The molecule has 5 heterocycles. The molecule has 1 saturated heterocycles. The summed E-state index contributed by atoms with van der Waals surface area (Å²) < 4.78 is 4.94. The number of ether oxygens (including phenoxy) is 1. The minimum Gasteiger partial charge on any atom is -0.381 e. The van der Waals surface area contributed by atoms with E-state index in [9.17, 15) is 0 Å². The predicted octanol–water partition coefficient (Wildman–Crippen LogP) is 8.61. The Hall–Kier alpha value is -2.96. The Morgan fingerprint density at radius 2 is 1.39 bits per heavy atom. The van der Waals surface area contributed by atoms with Crippen molar-refractivity contribution in [2.45, 2.75) is 58.3 Å². The normalized spacial score (nSPS) is 11.8. The molecular formula is C32H41BrN4O. The van der Waals surface area contributed by atoms with Gasteiger partial charge in [0.2, 0.25) is 0 Å². The van der Waals surface area contributed by atoms with Crippen molar-refractivity contribution < 1.29 is 4.74 Å². The summed E-state index contributed by atoms with van der Waals surface area (Å²) in [6, 6.07) is 16.1. The van der Waals surface area contributed by atoms with E-state index in [1.165, 1.54) is 25.7 Å². The number of pyridine rings is 4. The molecule has 1 aliphatic rings. The summed E-state index contributed by atoms with van der Waals surface area (Å²) in [5.41, 5.74) is 3.82. The fourth-order valence-electron chi connectivity index (χ4n) is 3.51. The summed E-state index contributed by atoms with van der Waals surface area (Å²) in [6.07, 6.45) is 16.8. The first kappa shape index (κ1) is 31.3. The second-order valence-electron chi connectivity index (χ2n) is 8.83. The van der Waals surface area contributed by atoms with Gasteiger partial charge in [0.25, 0.3) is 0 Å². The largest absolute Gasteiger partial charge is 0.381 e. The molecule has 0 amide bonds. The summed E-state index contributed by atoms with van der Waals surface area (Å²) >= 11 is 3.30. The Kier molecular flexibility index (Phi) is 16.5. The molecule has 0 atom stereocenters.